The molecule has 3 rings (SSSR count). The molecule has 0 radical (unpaired) electrons. The molecular formula is C24H32N2O2. The molecule has 0 spiro atoms. The number of aryl methyl sites for hydroxylation is 2. The summed E-state index contributed by atoms with van der Waals surface area (Å²) < 4.78 is 6.02. The topological polar surface area (TPSA) is 41.6 Å². The number of fused-ring (bicyclic) bond motifs is 1. The fraction of sp³-hybridized carbons (Fsp3) is 0.458. The van der Waals surface area contributed by atoms with Gasteiger partial charge < -0.3 is 15.0 Å². The molecule has 1 atom stereocenters. The average molecular weight is 381 g/mol. The fourth-order valence-corrected chi connectivity index (χ4v) is 3.72. The molecule has 0 saturated heterocycles. The Labute approximate surface area is 168 Å². The molecule has 0 bridgehead atoms. The van der Waals surface area contributed by atoms with Crippen LogP contribution in [-0.4, -0.2) is 32.1 Å². The van der Waals surface area contributed by atoms with E-state index in [1.165, 1.54) is 29.7 Å². The van der Waals surface area contributed by atoms with E-state index in [0.29, 0.717) is 13.0 Å². The summed E-state index contributed by atoms with van der Waals surface area (Å²) in [5.41, 5.74) is 4.00. The highest BCUT2D eigenvalue weighted by Crippen LogP contribution is 2.26. The predicted molar refractivity (Wildman–Crippen MR) is 115 cm³/mol. The first kappa shape index (κ1) is 20.2. The SMILES string of the molecule is CC[C@@H](Oc1ccc2c(c1)CCCC2)C(=O)NCCCN(C)c1ccccc1. The van der Waals surface area contributed by atoms with E-state index < -0.39 is 6.10 Å². The number of hydrogen-bond donors (Lipinski definition) is 1. The van der Waals surface area contributed by atoms with Crippen molar-refractivity contribution in [3.8, 4) is 5.75 Å². The molecule has 0 saturated carbocycles. The minimum absolute atomic E-state index is 0.0254. The molecule has 0 heterocycles. The van der Waals surface area contributed by atoms with E-state index in [0.717, 1.165) is 31.6 Å². The molecular weight excluding hydrogens is 348 g/mol. The molecule has 4 heteroatoms. The minimum Gasteiger partial charge on any atom is -0.481 e. The van der Waals surface area contributed by atoms with Crippen LogP contribution in [0.3, 0.4) is 0 Å². The van der Waals surface area contributed by atoms with Crippen molar-refractivity contribution in [1.29, 1.82) is 0 Å². The second kappa shape index (κ2) is 10.2. The van der Waals surface area contributed by atoms with Gasteiger partial charge in [-0.3, -0.25) is 4.79 Å². The van der Waals surface area contributed by atoms with Crippen LogP contribution in [0.1, 0.15) is 43.7 Å². The standard InChI is InChI=1S/C24H32N2O2/c1-3-23(28-22-15-14-19-10-7-8-11-20(19)18-22)24(27)25-16-9-17-26(2)21-12-5-4-6-13-21/h4-6,12-15,18,23H,3,7-11,16-17H2,1-2H3,(H,25,27)/t23-/m1/s1. The third-order valence-corrected chi connectivity index (χ3v) is 5.43. The van der Waals surface area contributed by atoms with Gasteiger partial charge in [-0.25, -0.2) is 0 Å². The van der Waals surface area contributed by atoms with Crippen LogP contribution in [-0.2, 0) is 17.6 Å². The Kier molecular flexibility index (Phi) is 7.35. The van der Waals surface area contributed by atoms with Crippen molar-refractivity contribution >= 4 is 11.6 Å². The van der Waals surface area contributed by atoms with Gasteiger partial charge in [-0.05, 0) is 73.9 Å². The van der Waals surface area contributed by atoms with E-state index >= 15 is 0 Å². The normalized spacial score (nSPS) is 14.1. The summed E-state index contributed by atoms with van der Waals surface area (Å²) in [7, 11) is 2.07. The van der Waals surface area contributed by atoms with Crippen molar-refractivity contribution in [1.82, 2.24) is 5.32 Å². The number of anilines is 1. The average Bonchev–Trinajstić information content (AvgIpc) is 2.75. The Balaban J connectivity index is 1.44. The van der Waals surface area contributed by atoms with Crippen molar-refractivity contribution in [3.05, 3.63) is 59.7 Å². The smallest absolute Gasteiger partial charge is 0.261 e. The Morgan fingerprint density at radius 2 is 1.86 bits per heavy atom. The lowest BCUT2D eigenvalue weighted by Crippen LogP contribution is -2.39. The van der Waals surface area contributed by atoms with Crippen LogP contribution in [0.2, 0.25) is 0 Å². The summed E-state index contributed by atoms with van der Waals surface area (Å²) in [5, 5.41) is 3.03. The number of nitrogens with one attached hydrogen (secondary N) is 1. The molecule has 1 N–H and O–H groups in total. The minimum atomic E-state index is -0.437. The van der Waals surface area contributed by atoms with Crippen LogP contribution in [0.15, 0.2) is 48.5 Å². The molecule has 0 fully saturated rings. The van der Waals surface area contributed by atoms with Gasteiger partial charge in [0.15, 0.2) is 6.10 Å². The third kappa shape index (κ3) is 5.51. The molecule has 150 valence electrons. The van der Waals surface area contributed by atoms with Gasteiger partial charge in [0, 0.05) is 25.8 Å². The van der Waals surface area contributed by atoms with Crippen molar-refractivity contribution in [3.63, 3.8) is 0 Å². The van der Waals surface area contributed by atoms with E-state index in [-0.39, 0.29) is 5.91 Å². The van der Waals surface area contributed by atoms with Gasteiger partial charge in [0.2, 0.25) is 0 Å². The van der Waals surface area contributed by atoms with Crippen LogP contribution in [0.5, 0.6) is 5.75 Å². The summed E-state index contributed by atoms with van der Waals surface area (Å²) in [5.74, 6) is 0.786. The molecule has 0 unspecified atom stereocenters. The maximum absolute atomic E-state index is 12.5. The van der Waals surface area contributed by atoms with Gasteiger partial charge >= 0.3 is 0 Å². The molecule has 1 aliphatic rings. The van der Waals surface area contributed by atoms with Gasteiger partial charge in [0.25, 0.3) is 5.91 Å². The summed E-state index contributed by atoms with van der Waals surface area (Å²) in [6.45, 7) is 3.54. The molecule has 4 nitrogen and oxygen atoms in total. The predicted octanol–water partition coefficient (Wildman–Crippen LogP) is 4.37. The number of nitrogens with zero attached hydrogens (tertiary/aromatic N) is 1. The lowest BCUT2D eigenvalue weighted by molar-refractivity contribution is -0.128. The van der Waals surface area contributed by atoms with Crippen LogP contribution in [0.4, 0.5) is 5.69 Å². The van der Waals surface area contributed by atoms with Crippen LogP contribution < -0.4 is 15.0 Å². The highest BCUT2D eigenvalue weighted by molar-refractivity contribution is 5.81. The van der Waals surface area contributed by atoms with E-state index in [4.69, 9.17) is 4.74 Å². The van der Waals surface area contributed by atoms with E-state index in [1.807, 2.05) is 31.2 Å². The van der Waals surface area contributed by atoms with Crippen LogP contribution in [0, 0.1) is 0 Å². The van der Waals surface area contributed by atoms with Crippen molar-refractivity contribution in [2.24, 2.45) is 0 Å². The maximum atomic E-state index is 12.5. The zero-order chi connectivity index (χ0) is 19.8. The van der Waals surface area contributed by atoms with Crippen LogP contribution >= 0.6 is 0 Å². The lowest BCUT2D eigenvalue weighted by Gasteiger charge is -2.21. The number of carbonyl (C=O) groups excluding carboxylic acids is 1. The Morgan fingerprint density at radius 3 is 2.61 bits per heavy atom. The van der Waals surface area contributed by atoms with Crippen molar-refractivity contribution in [2.75, 3.05) is 25.0 Å². The Morgan fingerprint density at radius 1 is 1.11 bits per heavy atom. The lowest BCUT2D eigenvalue weighted by atomic mass is 9.92. The summed E-state index contributed by atoms with van der Waals surface area (Å²) in [4.78, 5) is 14.7. The number of benzene rings is 2. The molecule has 2 aromatic rings. The fourth-order valence-electron chi connectivity index (χ4n) is 3.72. The largest absolute Gasteiger partial charge is 0.481 e. The highest BCUT2D eigenvalue weighted by Gasteiger charge is 2.19. The van der Waals surface area contributed by atoms with Gasteiger partial charge in [-0.1, -0.05) is 31.2 Å². The second-order valence-electron chi connectivity index (χ2n) is 7.55. The Hall–Kier alpha value is -2.49. The molecule has 28 heavy (non-hydrogen) atoms. The molecule has 2 aromatic carbocycles. The number of rotatable bonds is 9. The number of hydrogen-bond acceptors (Lipinski definition) is 3. The zero-order valence-corrected chi connectivity index (χ0v) is 17.1. The summed E-state index contributed by atoms with van der Waals surface area (Å²) in [6.07, 6.45) is 5.90. The first-order chi connectivity index (χ1) is 13.7. The number of para-hydroxylation sites is 1. The first-order valence-corrected chi connectivity index (χ1v) is 10.5. The van der Waals surface area contributed by atoms with Gasteiger partial charge in [-0.15, -0.1) is 0 Å². The maximum Gasteiger partial charge on any atom is 0.261 e. The number of ether oxygens (including phenoxy) is 1. The van der Waals surface area contributed by atoms with E-state index in [2.05, 4.69) is 41.5 Å². The van der Waals surface area contributed by atoms with Crippen molar-refractivity contribution < 1.29 is 9.53 Å². The van der Waals surface area contributed by atoms with Gasteiger partial charge in [0.1, 0.15) is 5.75 Å². The van der Waals surface area contributed by atoms with E-state index in [1.54, 1.807) is 0 Å². The van der Waals surface area contributed by atoms with Gasteiger partial charge in [0.05, 0.1) is 0 Å². The molecule has 1 aliphatic carbocycles. The number of carbonyl (C=O) groups is 1. The number of amides is 1. The zero-order valence-electron chi connectivity index (χ0n) is 17.1. The molecule has 1 amide bonds. The summed E-state index contributed by atoms with van der Waals surface area (Å²) >= 11 is 0. The molecule has 0 aliphatic heterocycles. The molecule has 0 aromatic heterocycles. The van der Waals surface area contributed by atoms with Gasteiger partial charge in [-0.2, -0.15) is 0 Å². The van der Waals surface area contributed by atoms with E-state index in [9.17, 15) is 4.79 Å². The van der Waals surface area contributed by atoms with Crippen molar-refractivity contribution in [2.45, 2.75) is 51.6 Å². The quantitative estimate of drug-likeness (QED) is 0.657. The second-order valence-corrected chi connectivity index (χ2v) is 7.55. The highest BCUT2D eigenvalue weighted by atomic mass is 16.5. The van der Waals surface area contributed by atoms with Crippen LogP contribution in [0.25, 0.3) is 0 Å². The Bertz CT molecular complexity index is 760. The summed E-state index contributed by atoms with van der Waals surface area (Å²) in [6, 6.07) is 16.6. The first-order valence-electron chi connectivity index (χ1n) is 10.5. The third-order valence-electron chi connectivity index (χ3n) is 5.43. The monoisotopic (exact) mass is 380 g/mol.